The Hall–Kier alpha value is -1.46. The maximum absolute atomic E-state index is 11.9. The van der Waals surface area contributed by atoms with Crippen molar-refractivity contribution in [3.05, 3.63) is 47.0 Å². The first-order valence-electron chi connectivity index (χ1n) is 8.27. The Morgan fingerprint density at radius 2 is 1.96 bits per heavy atom. The molecule has 1 atom stereocenters. The van der Waals surface area contributed by atoms with Crippen molar-refractivity contribution in [2.45, 2.75) is 30.0 Å². The highest BCUT2D eigenvalue weighted by Crippen LogP contribution is 2.34. The molecule has 0 spiro atoms. The molecule has 142 valence electrons. The monoisotopic (exact) mass is 444 g/mol. The number of benzene rings is 2. The van der Waals surface area contributed by atoms with Crippen LogP contribution in [-0.2, 0) is 4.79 Å². The van der Waals surface area contributed by atoms with Gasteiger partial charge in [0.1, 0.15) is 5.52 Å². The number of rotatable bonds is 4. The van der Waals surface area contributed by atoms with Crippen molar-refractivity contribution in [3.8, 4) is 11.5 Å². The first-order chi connectivity index (χ1) is 12.7. The molecule has 0 radical (unpaired) electrons. The van der Waals surface area contributed by atoms with E-state index in [2.05, 4.69) is 24.1 Å². The zero-order valence-electron chi connectivity index (χ0n) is 14.5. The molecule has 1 amide bonds. The predicted octanol–water partition coefficient (Wildman–Crippen LogP) is 6.97. The molecule has 3 aromatic rings. The smallest absolute Gasteiger partial charge is 0.276 e. The average molecular weight is 446 g/mol. The number of hydrogen-bond donors (Lipinski definition) is 1. The Balaban J connectivity index is 1.96. The molecule has 0 aliphatic rings. The summed E-state index contributed by atoms with van der Waals surface area (Å²) in [7, 11) is 0. The number of hydrogen-bond acceptors (Lipinski definition) is 3. The lowest BCUT2D eigenvalue weighted by Gasteiger charge is -2.13. The molecule has 0 fully saturated rings. The minimum atomic E-state index is -2.09. The van der Waals surface area contributed by atoms with E-state index in [1.54, 1.807) is 18.2 Å². The summed E-state index contributed by atoms with van der Waals surface area (Å²) >= 11 is 22.9. The molecule has 8 heteroatoms. The van der Waals surface area contributed by atoms with Crippen molar-refractivity contribution >= 4 is 69.1 Å². The van der Waals surface area contributed by atoms with Crippen molar-refractivity contribution in [3.63, 3.8) is 0 Å². The van der Waals surface area contributed by atoms with E-state index in [1.165, 1.54) is 5.56 Å². The summed E-state index contributed by atoms with van der Waals surface area (Å²) in [5.74, 6) is 0.0449. The van der Waals surface area contributed by atoms with E-state index in [0.29, 0.717) is 33.7 Å². The van der Waals surface area contributed by atoms with Gasteiger partial charge < -0.3 is 9.73 Å². The second-order valence-electron chi connectivity index (χ2n) is 6.20. The molecule has 1 aromatic heterocycles. The highest BCUT2D eigenvalue weighted by Gasteiger charge is 2.31. The molecule has 0 aliphatic heterocycles. The van der Waals surface area contributed by atoms with Crippen LogP contribution in [0.1, 0.15) is 31.7 Å². The van der Waals surface area contributed by atoms with Crippen LogP contribution in [-0.4, -0.2) is 14.7 Å². The lowest BCUT2D eigenvalue weighted by atomic mass is 9.98. The third-order valence-corrected chi connectivity index (χ3v) is 5.16. The molecular formula is C19H16Cl4N2O2. The highest BCUT2D eigenvalue weighted by atomic mass is 35.6. The number of carbonyl (C=O) groups excluding carboxylic acids is 1. The van der Waals surface area contributed by atoms with Gasteiger partial charge in [0, 0.05) is 5.56 Å². The summed E-state index contributed by atoms with van der Waals surface area (Å²) in [6.45, 7) is 4.31. The molecule has 0 saturated heterocycles. The minimum Gasteiger partial charge on any atom is -0.436 e. The fourth-order valence-electron chi connectivity index (χ4n) is 2.56. The van der Waals surface area contributed by atoms with Crippen molar-refractivity contribution in [2.24, 2.45) is 0 Å². The Labute approximate surface area is 176 Å². The number of carbonyl (C=O) groups is 1. The molecule has 0 aliphatic carbocycles. The quantitative estimate of drug-likeness (QED) is 0.441. The minimum absolute atomic E-state index is 0.299. The van der Waals surface area contributed by atoms with E-state index < -0.39 is 9.70 Å². The van der Waals surface area contributed by atoms with Crippen molar-refractivity contribution in [1.29, 1.82) is 0 Å². The first kappa shape index (κ1) is 20.3. The number of aromatic nitrogens is 1. The Morgan fingerprint density at radius 1 is 1.22 bits per heavy atom. The van der Waals surface area contributed by atoms with E-state index in [1.807, 2.05) is 18.2 Å². The second-order valence-corrected chi connectivity index (χ2v) is 8.89. The molecular weight excluding hydrogens is 430 g/mol. The number of nitrogens with zero attached hydrogens (tertiary/aromatic N) is 1. The molecule has 0 bridgehead atoms. The molecule has 0 unspecified atom stereocenters. The summed E-state index contributed by atoms with van der Waals surface area (Å²) in [5.41, 5.74) is 3.59. The van der Waals surface area contributed by atoms with Crippen molar-refractivity contribution < 1.29 is 9.21 Å². The van der Waals surface area contributed by atoms with Gasteiger partial charge in [-0.2, -0.15) is 0 Å². The van der Waals surface area contributed by atoms with E-state index in [-0.39, 0.29) is 0 Å². The lowest BCUT2D eigenvalue weighted by molar-refractivity contribution is -0.115. The fourth-order valence-corrected chi connectivity index (χ4v) is 2.86. The van der Waals surface area contributed by atoms with E-state index in [0.717, 1.165) is 11.9 Å². The summed E-state index contributed by atoms with van der Waals surface area (Å²) < 4.78 is 3.75. The number of fused-ring (bicyclic) bond motifs is 1. The summed E-state index contributed by atoms with van der Waals surface area (Å²) in [4.78, 5) is 16.5. The van der Waals surface area contributed by atoms with Gasteiger partial charge in [0.05, 0.1) is 10.7 Å². The van der Waals surface area contributed by atoms with E-state index in [4.69, 9.17) is 50.8 Å². The number of amides is 1. The number of oxazole rings is 1. The standard InChI is InChI=1S/C19H16Cl4N2O2/c1-3-10(2)11-5-7-16-15(8-11)24-17(27-16)12-4-6-13(20)14(9-12)25-18(26)19(21,22)23/h4-10H,3H2,1-2H3,(H,25,26)/t10-/m0/s1. The Morgan fingerprint density at radius 3 is 2.63 bits per heavy atom. The molecule has 0 saturated carbocycles. The van der Waals surface area contributed by atoms with Gasteiger partial charge in [0.2, 0.25) is 5.89 Å². The highest BCUT2D eigenvalue weighted by molar-refractivity contribution is 6.76. The molecule has 1 heterocycles. The first-order valence-corrected chi connectivity index (χ1v) is 9.78. The van der Waals surface area contributed by atoms with Gasteiger partial charge in [-0.05, 0) is 48.2 Å². The zero-order chi connectivity index (χ0) is 19.8. The second kappa shape index (κ2) is 7.88. The van der Waals surface area contributed by atoms with Crippen molar-refractivity contribution in [2.75, 3.05) is 5.32 Å². The maximum atomic E-state index is 11.9. The summed E-state index contributed by atoms with van der Waals surface area (Å²) in [6.07, 6.45) is 1.04. The summed E-state index contributed by atoms with van der Waals surface area (Å²) in [5, 5.41) is 2.79. The van der Waals surface area contributed by atoms with Crippen LogP contribution in [0.2, 0.25) is 5.02 Å². The van der Waals surface area contributed by atoms with Crippen LogP contribution in [0.15, 0.2) is 40.8 Å². The largest absolute Gasteiger partial charge is 0.436 e. The van der Waals surface area contributed by atoms with Crippen LogP contribution in [0, 0.1) is 0 Å². The van der Waals surface area contributed by atoms with E-state index >= 15 is 0 Å². The zero-order valence-corrected chi connectivity index (χ0v) is 17.5. The SMILES string of the molecule is CC[C@H](C)c1ccc2oc(-c3ccc(Cl)c(NC(=O)C(Cl)(Cl)Cl)c3)nc2c1. The average Bonchev–Trinajstić information content (AvgIpc) is 3.05. The maximum Gasteiger partial charge on any atom is 0.276 e. The van der Waals surface area contributed by atoms with Crippen molar-refractivity contribution in [1.82, 2.24) is 4.98 Å². The Kier molecular flexibility index (Phi) is 5.92. The Bertz CT molecular complexity index is 995. The number of nitrogens with one attached hydrogen (secondary N) is 1. The topological polar surface area (TPSA) is 55.1 Å². The van der Waals surface area contributed by atoms with Gasteiger partial charge in [-0.25, -0.2) is 4.98 Å². The normalized spacial score (nSPS) is 13.0. The predicted molar refractivity (Wildman–Crippen MR) is 112 cm³/mol. The molecule has 4 nitrogen and oxygen atoms in total. The van der Waals surface area contributed by atoms with Crippen LogP contribution in [0.5, 0.6) is 0 Å². The fraction of sp³-hybridized carbons (Fsp3) is 0.263. The van der Waals surface area contributed by atoms with Gasteiger partial charge in [-0.15, -0.1) is 0 Å². The van der Waals surface area contributed by atoms with Crippen LogP contribution in [0.3, 0.4) is 0 Å². The number of alkyl halides is 3. The van der Waals surface area contributed by atoms with Gasteiger partial charge in [-0.1, -0.05) is 66.3 Å². The van der Waals surface area contributed by atoms with Crippen LogP contribution in [0.4, 0.5) is 5.69 Å². The van der Waals surface area contributed by atoms with E-state index in [9.17, 15) is 4.79 Å². The third-order valence-electron chi connectivity index (χ3n) is 4.31. The number of halogens is 4. The molecule has 2 aromatic carbocycles. The molecule has 27 heavy (non-hydrogen) atoms. The number of anilines is 1. The van der Waals surface area contributed by atoms with Gasteiger partial charge in [0.25, 0.3) is 9.70 Å². The van der Waals surface area contributed by atoms with Crippen LogP contribution >= 0.6 is 46.4 Å². The third kappa shape index (κ3) is 4.52. The van der Waals surface area contributed by atoms with Crippen LogP contribution < -0.4 is 5.32 Å². The lowest BCUT2D eigenvalue weighted by Crippen LogP contribution is -2.27. The van der Waals surface area contributed by atoms with Crippen LogP contribution in [0.25, 0.3) is 22.6 Å². The van der Waals surface area contributed by atoms with Gasteiger partial charge in [-0.3, -0.25) is 4.79 Å². The summed E-state index contributed by atoms with van der Waals surface area (Å²) in [6, 6.07) is 11.0. The molecule has 3 rings (SSSR count). The molecule has 1 N–H and O–H groups in total. The van der Waals surface area contributed by atoms with Gasteiger partial charge in [0.15, 0.2) is 5.58 Å². The van der Waals surface area contributed by atoms with Gasteiger partial charge >= 0.3 is 0 Å².